The maximum atomic E-state index is 14.7. The molecule has 1 fully saturated rings. The summed E-state index contributed by atoms with van der Waals surface area (Å²) in [4.78, 5) is 4.58. The first-order valence-corrected chi connectivity index (χ1v) is 9.37. The smallest absolute Gasteiger partial charge is 0.177 e. The molecule has 1 aliphatic rings. The summed E-state index contributed by atoms with van der Waals surface area (Å²) in [5.74, 6) is 0.172. The summed E-state index contributed by atoms with van der Waals surface area (Å²) < 4.78 is 18.8. The second-order valence-electron chi connectivity index (χ2n) is 7.20. The molecule has 0 saturated carbocycles. The highest BCUT2D eigenvalue weighted by Crippen LogP contribution is 2.18. The summed E-state index contributed by atoms with van der Waals surface area (Å²) in [5, 5.41) is 4.44. The Bertz CT molecular complexity index is 985. The number of amidine groups is 1. The normalized spacial score (nSPS) is 16.1. The van der Waals surface area contributed by atoms with Crippen LogP contribution < -0.4 is 15.6 Å². The van der Waals surface area contributed by atoms with E-state index in [1.807, 2.05) is 48.3 Å². The molecule has 1 aromatic carbocycles. The average molecular weight is 366 g/mol. The van der Waals surface area contributed by atoms with Crippen molar-refractivity contribution in [2.45, 2.75) is 25.4 Å². The molecular formula is C21H25FN5+. The van der Waals surface area contributed by atoms with Gasteiger partial charge in [0.25, 0.3) is 0 Å². The average Bonchev–Trinajstić information content (AvgIpc) is 3.06. The summed E-state index contributed by atoms with van der Waals surface area (Å²) in [6.07, 6.45) is 7.99. The van der Waals surface area contributed by atoms with Crippen LogP contribution in [0.4, 0.5) is 4.39 Å². The lowest BCUT2D eigenvalue weighted by Gasteiger charge is -2.19. The molecule has 1 saturated heterocycles. The van der Waals surface area contributed by atoms with Crippen molar-refractivity contribution in [3.8, 4) is 0 Å². The fourth-order valence-corrected chi connectivity index (χ4v) is 3.62. The van der Waals surface area contributed by atoms with Crippen LogP contribution in [0.15, 0.2) is 53.9 Å². The van der Waals surface area contributed by atoms with Gasteiger partial charge >= 0.3 is 0 Å². The second kappa shape index (κ2) is 7.48. The molecule has 0 atom stereocenters. The monoisotopic (exact) mass is 366 g/mol. The van der Waals surface area contributed by atoms with Gasteiger partial charge in [-0.15, -0.1) is 0 Å². The molecule has 4 rings (SSSR count). The number of fused-ring (bicyclic) bond motifs is 1. The van der Waals surface area contributed by atoms with Gasteiger partial charge in [-0.05, 0) is 38.1 Å². The van der Waals surface area contributed by atoms with Gasteiger partial charge in [-0.3, -0.25) is 4.99 Å². The summed E-state index contributed by atoms with van der Waals surface area (Å²) >= 11 is 0. The Morgan fingerprint density at radius 1 is 1.30 bits per heavy atom. The number of nitrogens with two attached hydrogens (primary N) is 1. The highest BCUT2D eigenvalue weighted by atomic mass is 19.1. The second-order valence-corrected chi connectivity index (χ2v) is 7.20. The van der Waals surface area contributed by atoms with Crippen LogP contribution in [0.2, 0.25) is 0 Å². The summed E-state index contributed by atoms with van der Waals surface area (Å²) in [6, 6.07) is 9.49. The highest BCUT2D eigenvalue weighted by molar-refractivity contribution is 5.97. The number of aliphatic imine (C=N–C) groups is 1. The van der Waals surface area contributed by atoms with Crippen LogP contribution in [0.3, 0.4) is 0 Å². The number of nitrogens with one attached hydrogen (secondary N) is 1. The van der Waals surface area contributed by atoms with Crippen LogP contribution in [-0.4, -0.2) is 29.5 Å². The third-order valence-electron chi connectivity index (χ3n) is 5.17. The van der Waals surface area contributed by atoms with Crippen LogP contribution in [0.25, 0.3) is 10.9 Å². The number of hydrogen-bond acceptors (Lipinski definition) is 2. The number of rotatable bonds is 4. The molecule has 0 bridgehead atoms. The van der Waals surface area contributed by atoms with Crippen molar-refractivity contribution in [3.63, 3.8) is 0 Å². The molecule has 1 aliphatic heterocycles. The van der Waals surface area contributed by atoms with E-state index in [2.05, 4.69) is 21.1 Å². The van der Waals surface area contributed by atoms with Crippen LogP contribution in [0.5, 0.6) is 0 Å². The lowest BCUT2D eigenvalue weighted by atomic mass is 10.1. The van der Waals surface area contributed by atoms with E-state index in [1.165, 1.54) is 6.07 Å². The van der Waals surface area contributed by atoms with Crippen molar-refractivity contribution in [2.24, 2.45) is 17.8 Å². The van der Waals surface area contributed by atoms with Crippen molar-refractivity contribution >= 4 is 16.7 Å². The van der Waals surface area contributed by atoms with Crippen LogP contribution >= 0.6 is 0 Å². The van der Waals surface area contributed by atoms with Crippen LogP contribution in [0, 0.1) is 5.82 Å². The predicted octanol–water partition coefficient (Wildman–Crippen LogP) is 2.11. The zero-order valence-electron chi connectivity index (χ0n) is 15.5. The first kappa shape index (κ1) is 17.7. The van der Waals surface area contributed by atoms with Crippen molar-refractivity contribution in [1.29, 1.82) is 0 Å². The lowest BCUT2D eigenvalue weighted by molar-refractivity contribution is -0.670. The summed E-state index contributed by atoms with van der Waals surface area (Å²) in [7, 11) is 1.99. The third-order valence-corrected chi connectivity index (χ3v) is 5.17. The number of piperidine rings is 1. The molecular weight excluding hydrogens is 341 g/mol. The Morgan fingerprint density at radius 2 is 2.11 bits per heavy atom. The molecule has 2 aromatic heterocycles. The molecule has 3 aromatic rings. The fraction of sp³-hybridized carbons (Fsp3) is 0.333. The summed E-state index contributed by atoms with van der Waals surface area (Å²) in [6.45, 7) is 2.39. The van der Waals surface area contributed by atoms with Crippen molar-refractivity contribution in [3.05, 3.63) is 65.9 Å². The predicted molar refractivity (Wildman–Crippen MR) is 105 cm³/mol. The van der Waals surface area contributed by atoms with Gasteiger partial charge in [0.2, 0.25) is 0 Å². The minimum absolute atomic E-state index is 0.224. The first-order chi connectivity index (χ1) is 13.1. The molecule has 140 valence electrons. The largest absolute Gasteiger partial charge is 0.383 e. The quantitative estimate of drug-likeness (QED) is 0.422. The van der Waals surface area contributed by atoms with E-state index in [1.54, 1.807) is 0 Å². The Morgan fingerprint density at radius 3 is 2.89 bits per heavy atom. The number of nitrogens with zero attached hydrogens (tertiary/aromatic N) is 3. The minimum atomic E-state index is -0.251. The van der Waals surface area contributed by atoms with Crippen molar-refractivity contribution < 1.29 is 8.96 Å². The SMILES string of the molecule is C[n+]1ccc2c(ccn2Cc2ccc(C(N)=NC3CCNCC3)cc2F)c1. The van der Waals surface area contributed by atoms with E-state index in [-0.39, 0.29) is 11.9 Å². The number of pyridine rings is 1. The van der Waals surface area contributed by atoms with Crippen molar-refractivity contribution in [1.82, 2.24) is 9.88 Å². The van der Waals surface area contributed by atoms with Gasteiger partial charge < -0.3 is 15.6 Å². The Labute approximate surface area is 158 Å². The highest BCUT2D eigenvalue weighted by Gasteiger charge is 2.14. The van der Waals surface area contributed by atoms with Crippen LogP contribution in [0.1, 0.15) is 24.0 Å². The molecule has 0 aliphatic carbocycles. The molecule has 0 spiro atoms. The van der Waals surface area contributed by atoms with Gasteiger partial charge in [-0.25, -0.2) is 8.96 Å². The maximum absolute atomic E-state index is 14.7. The van der Waals surface area contributed by atoms with E-state index in [0.717, 1.165) is 36.8 Å². The molecule has 5 nitrogen and oxygen atoms in total. The molecule has 3 N–H and O–H groups in total. The Kier molecular flexibility index (Phi) is 4.90. The van der Waals surface area contributed by atoms with Gasteiger partial charge in [0, 0.05) is 23.4 Å². The van der Waals surface area contributed by atoms with E-state index in [9.17, 15) is 4.39 Å². The molecule has 6 heteroatoms. The Balaban J connectivity index is 1.55. The van der Waals surface area contributed by atoms with Gasteiger partial charge in [-0.2, -0.15) is 0 Å². The lowest BCUT2D eigenvalue weighted by Crippen LogP contribution is -2.31. The molecule has 27 heavy (non-hydrogen) atoms. The van der Waals surface area contributed by atoms with Gasteiger partial charge in [0.15, 0.2) is 12.4 Å². The number of aromatic nitrogens is 2. The number of halogens is 1. The summed E-state index contributed by atoms with van der Waals surface area (Å²) in [5.41, 5.74) is 8.50. The van der Waals surface area contributed by atoms with E-state index >= 15 is 0 Å². The number of benzene rings is 1. The standard InChI is InChI=1S/C21H25FN5/c1-26-10-7-20-17(13-26)6-11-27(20)14-16-3-2-15(12-19(16)22)21(23)25-18-4-8-24-9-5-18/h2-3,6-7,10-13,18,24H,4-5,8-9,14H2,1H3,(H2,23,25)/q+1. The maximum Gasteiger partial charge on any atom is 0.177 e. The van der Waals surface area contributed by atoms with Crippen molar-refractivity contribution in [2.75, 3.05) is 13.1 Å². The van der Waals surface area contributed by atoms with E-state index < -0.39 is 0 Å². The zero-order chi connectivity index (χ0) is 18.8. The number of aryl methyl sites for hydroxylation is 1. The number of hydrogen-bond donors (Lipinski definition) is 2. The third kappa shape index (κ3) is 3.85. The van der Waals surface area contributed by atoms with E-state index in [0.29, 0.717) is 23.5 Å². The molecule has 0 radical (unpaired) electrons. The molecule has 0 amide bonds. The zero-order valence-corrected chi connectivity index (χ0v) is 15.5. The molecule has 3 heterocycles. The molecule has 0 unspecified atom stereocenters. The van der Waals surface area contributed by atoms with Gasteiger partial charge in [-0.1, -0.05) is 12.1 Å². The van der Waals surface area contributed by atoms with Gasteiger partial charge in [0.1, 0.15) is 18.7 Å². The topological polar surface area (TPSA) is 59.2 Å². The van der Waals surface area contributed by atoms with Crippen LogP contribution in [-0.2, 0) is 13.6 Å². The van der Waals surface area contributed by atoms with E-state index in [4.69, 9.17) is 5.73 Å². The first-order valence-electron chi connectivity index (χ1n) is 9.37. The Hall–Kier alpha value is -2.73. The van der Waals surface area contributed by atoms with Gasteiger partial charge in [0.05, 0.1) is 23.5 Å². The minimum Gasteiger partial charge on any atom is -0.383 e. The fourth-order valence-electron chi connectivity index (χ4n) is 3.62.